The molecule has 0 spiro atoms. The van der Waals surface area contributed by atoms with Crippen LogP contribution in [0.25, 0.3) is 0 Å². The van der Waals surface area contributed by atoms with Crippen molar-refractivity contribution in [2.45, 2.75) is 26.8 Å². The minimum Gasteiger partial charge on any atom is -0.466 e. The van der Waals surface area contributed by atoms with Gasteiger partial charge in [0.1, 0.15) is 0 Å². The summed E-state index contributed by atoms with van der Waals surface area (Å²) in [4.78, 5) is 25.0. The third kappa shape index (κ3) is 4.54. The van der Waals surface area contributed by atoms with Gasteiger partial charge in [-0.1, -0.05) is 41.4 Å². The molecule has 0 bridgehead atoms. The van der Waals surface area contributed by atoms with Crippen LogP contribution < -0.4 is 16.0 Å². The molecule has 3 N–H and O–H groups in total. The molecule has 0 fully saturated rings. The van der Waals surface area contributed by atoms with Crippen LogP contribution in [0, 0.1) is 20.8 Å². The van der Waals surface area contributed by atoms with Crippen molar-refractivity contribution in [2.24, 2.45) is 0 Å². The van der Waals surface area contributed by atoms with Gasteiger partial charge in [-0.2, -0.15) is 0 Å². The highest BCUT2D eigenvalue weighted by Gasteiger charge is 2.34. The van der Waals surface area contributed by atoms with Crippen molar-refractivity contribution >= 4 is 29.3 Å². The molecule has 2 aromatic rings. The van der Waals surface area contributed by atoms with E-state index in [0.717, 1.165) is 27.9 Å². The van der Waals surface area contributed by atoms with Crippen LogP contribution in [0.5, 0.6) is 0 Å². The van der Waals surface area contributed by atoms with E-state index in [2.05, 4.69) is 16.0 Å². The lowest BCUT2D eigenvalue weighted by Gasteiger charge is -2.30. The first-order valence-corrected chi connectivity index (χ1v) is 9.64. The molecular weight excluding hydrogens is 390 g/mol. The van der Waals surface area contributed by atoms with Crippen molar-refractivity contribution in [3.05, 3.63) is 74.9 Å². The topological polar surface area (TPSA) is 79.5 Å². The number of halogens is 1. The lowest BCUT2D eigenvalue weighted by atomic mass is 9.91. The first-order valence-electron chi connectivity index (χ1n) is 9.26. The van der Waals surface area contributed by atoms with Crippen LogP contribution in [-0.2, 0) is 9.53 Å². The van der Waals surface area contributed by atoms with Gasteiger partial charge in [0.25, 0.3) is 0 Å². The lowest BCUT2D eigenvalue weighted by Crippen LogP contribution is -2.47. The minimum atomic E-state index is -0.602. The largest absolute Gasteiger partial charge is 0.466 e. The number of urea groups is 1. The molecule has 29 heavy (non-hydrogen) atoms. The Morgan fingerprint density at radius 1 is 1.14 bits per heavy atom. The number of carbonyl (C=O) groups is 2. The number of aryl methyl sites for hydroxylation is 3. The maximum atomic E-state index is 12.7. The van der Waals surface area contributed by atoms with Crippen molar-refractivity contribution in [3.8, 4) is 0 Å². The maximum absolute atomic E-state index is 12.7. The monoisotopic (exact) mass is 413 g/mol. The van der Waals surface area contributed by atoms with E-state index in [1.165, 1.54) is 7.11 Å². The number of anilines is 1. The third-order valence-corrected chi connectivity index (χ3v) is 5.35. The Morgan fingerprint density at radius 3 is 2.55 bits per heavy atom. The van der Waals surface area contributed by atoms with E-state index in [-0.39, 0.29) is 12.6 Å². The highest BCUT2D eigenvalue weighted by molar-refractivity contribution is 6.31. The van der Waals surface area contributed by atoms with Crippen LogP contribution in [0.4, 0.5) is 10.5 Å². The number of esters is 1. The van der Waals surface area contributed by atoms with E-state index in [9.17, 15) is 9.59 Å². The molecule has 6 nitrogen and oxygen atoms in total. The van der Waals surface area contributed by atoms with E-state index < -0.39 is 12.0 Å². The highest BCUT2D eigenvalue weighted by Crippen LogP contribution is 2.30. The molecule has 1 atom stereocenters. The number of amides is 2. The van der Waals surface area contributed by atoms with Crippen molar-refractivity contribution in [3.63, 3.8) is 0 Å². The molecular formula is C22H24ClN3O3. The maximum Gasteiger partial charge on any atom is 0.338 e. The fourth-order valence-electron chi connectivity index (χ4n) is 3.31. The van der Waals surface area contributed by atoms with Gasteiger partial charge in [-0.05, 0) is 49.6 Å². The van der Waals surface area contributed by atoms with Crippen molar-refractivity contribution in [1.82, 2.24) is 10.6 Å². The zero-order valence-corrected chi connectivity index (χ0v) is 17.6. The molecule has 1 aliphatic heterocycles. The molecule has 3 rings (SSSR count). The molecule has 0 aromatic heterocycles. The lowest BCUT2D eigenvalue weighted by molar-refractivity contribution is -0.136. The summed E-state index contributed by atoms with van der Waals surface area (Å²) in [5, 5.41) is 9.45. The zero-order chi connectivity index (χ0) is 21.1. The van der Waals surface area contributed by atoms with E-state index in [0.29, 0.717) is 16.3 Å². The summed E-state index contributed by atoms with van der Waals surface area (Å²) in [6.45, 7) is 6.07. The quantitative estimate of drug-likeness (QED) is 0.643. The molecule has 0 radical (unpaired) electrons. The molecule has 7 heteroatoms. The Balaban J connectivity index is 2.00. The summed E-state index contributed by atoms with van der Waals surface area (Å²) < 4.78 is 5.03. The van der Waals surface area contributed by atoms with Crippen LogP contribution in [-0.4, -0.2) is 25.7 Å². The minimum absolute atomic E-state index is 0.235. The summed E-state index contributed by atoms with van der Waals surface area (Å²) >= 11 is 6.19. The Labute approximate surface area is 175 Å². The molecule has 1 aliphatic rings. The van der Waals surface area contributed by atoms with Crippen LogP contribution >= 0.6 is 11.6 Å². The van der Waals surface area contributed by atoms with E-state index >= 15 is 0 Å². The average Bonchev–Trinajstić information content (AvgIpc) is 2.69. The van der Waals surface area contributed by atoms with E-state index in [1.807, 2.05) is 51.1 Å². The SMILES string of the molecule is COC(=O)C1=C(CNc2ccc(C)c(Cl)c2)NC(=O)NC1c1cc(C)ccc1C. The van der Waals surface area contributed by atoms with Crippen molar-refractivity contribution < 1.29 is 14.3 Å². The van der Waals surface area contributed by atoms with E-state index in [1.54, 1.807) is 6.07 Å². The Morgan fingerprint density at radius 2 is 1.86 bits per heavy atom. The molecule has 0 saturated carbocycles. The Bertz CT molecular complexity index is 1000. The molecule has 0 aliphatic carbocycles. The van der Waals surface area contributed by atoms with Crippen molar-refractivity contribution in [1.29, 1.82) is 0 Å². The molecule has 2 amide bonds. The average molecular weight is 414 g/mol. The number of rotatable bonds is 5. The van der Waals surface area contributed by atoms with Crippen molar-refractivity contribution in [2.75, 3.05) is 19.0 Å². The van der Waals surface area contributed by atoms with Gasteiger partial charge in [-0.3, -0.25) is 0 Å². The fraction of sp³-hybridized carbons (Fsp3) is 0.273. The van der Waals surface area contributed by atoms with Gasteiger partial charge in [0.2, 0.25) is 0 Å². The van der Waals surface area contributed by atoms with Crippen LogP contribution in [0.1, 0.15) is 28.3 Å². The second-order valence-electron chi connectivity index (χ2n) is 7.09. The zero-order valence-electron chi connectivity index (χ0n) is 16.9. The molecule has 1 heterocycles. The molecule has 2 aromatic carbocycles. The van der Waals surface area contributed by atoms with Gasteiger partial charge in [0, 0.05) is 10.7 Å². The van der Waals surface area contributed by atoms with Gasteiger partial charge in [-0.25, -0.2) is 9.59 Å². The Kier molecular flexibility index (Phi) is 6.13. The first-order chi connectivity index (χ1) is 13.8. The van der Waals surface area contributed by atoms with E-state index in [4.69, 9.17) is 16.3 Å². The fourth-order valence-corrected chi connectivity index (χ4v) is 3.49. The highest BCUT2D eigenvalue weighted by atomic mass is 35.5. The molecule has 1 unspecified atom stereocenters. The summed E-state index contributed by atoms with van der Waals surface area (Å²) in [5.41, 5.74) is 5.45. The number of carbonyl (C=O) groups excluding carboxylic acids is 2. The predicted octanol–water partition coefficient (Wildman–Crippen LogP) is 4.16. The molecule has 152 valence electrons. The standard InChI is InChI=1S/C22H24ClN3O3/c1-12-5-6-13(2)16(9-12)20-19(21(27)29-4)18(25-22(28)26-20)11-24-15-8-7-14(3)17(23)10-15/h5-10,20,24H,11H2,1-4H3,(H2,25,26,28). The summed E-state index contributed by atoms with van der Waals surface area (Å²) in [5.74, 6) is -0.498. The van der Waals surface area contributed by atoms with Gasteiger partial charge < -0.3 is 20.7 Å². The van der Waals surface area contributed by atoms with Crippen LogP contribution in [0.15, 0.2) is 47.7 Å². The normalized spacial score (nSPS) is 16.2. The number of hydrogen-bond acceptors (Lipinski definition) is 4. The Hall–Kier alpha value is -2.99. The smallest absolute Gasteiger partial charge is 0.338 e. The summed E-state index contributed by atoms with van der Waals surface area (Å²) in [6, 6.07) is 10.6. The van der Waals surface area contributed by atoms with Crippen LogP contribution in [0.2, 0.25) is 5.02 Å². The van der Waals surface area contributed by atoms with Crippen LogP contribution in [0.3, 0.4) is 0 Å². The summed E-state index contributed by atoms with van der Waals surface area (Å²) in [7, 11) is 1.33. The number of hydrogen-bond donors (Lipinski definition) is 3. The van der Waals surface area contributed by atoms with Gasteiger partial charge in [0.05, 0.1) is 31.0 Å². The van der Waals surface area contributed by atoms with Gasteiger partial charge in [0.15, 0.2) is 0 Å². The summed E-state index contributed by atoms with van der Waals surface area (Å²) in [6.07, 6.45) is 0. The molecule has 0 saturated heterocycles. The predicted molar refractivity (Wildman–Crippen MR) is 114 cm³/mol. The number of benzene rings is 2. The number of nitrogens with one attached hydrogen (secondary N) is 3. The third-order valence-electron chi connectivity index (χ3n) is 4.95. The number of ether oxygens (including phenoxy) is 1. The second-order valence-corrected chi connectivity index (χ2v) is 7.50. The first kappa shape index (κ1) is 20.7. The van der Waals surface area contributed by atoms with Gasteiger partial charge in [-0.15, -0.1) is 0 Å². The van der Waals surface area contributed by atoms with Gasteiger partial charge >= 0.3 is 12.0 Å². The number of methoxy groups -OCH3 is 1. The second kappa shape index (κ2) is 8.57.